The highest BCUT2D eigenvalue weighted by Gasteiger charge is 2.17. The van der Waals surface area contributed by atoms with E-state index in [-0.39, 0.29) is 5.78 Å². The quantitative estimate of drug-likeness (QED) is 0.779. The van der Waals surface area contributed by atoms with Crippen LogP contribution >= 0.6 is 0 Å². The minimum Gasteiger partial charge on any atom is -0.496 e. The molecule has 0 bridgehead atoms. The van der Waals surface area contributed by atoms with Crippen LogP contribution in [-0.4, -0.2) is 18.0 Å². The second-order valence-electron chi connectivity index (χ2n) is 4.26. The molecule has 1 heterocycles. The Kier molecular flexibility index (Phi) is 3.19. The maximum absolute atomic E-state index is 11.5. The Morgan fingerprint density at radius 2 is 2.00 bits per heavy atom. The summed E-state index contributed by atoms with van der Waals surface area (Å²) in [4.78, 5) is 11.5. The Hall–Kier alpha value is -2.10. The number of hydrogen-bond acceptors (Lipinski definition) is 4. The van der Waals surface area contributed by atoms with Crippen molar-refractivity contribution in [3.63, 3.8) is 0 Å². The number of rotatable bonds is 3. The van der Waals surface area contributed by atoms with E-state index >= 15 is 0 Å². The molecule has 0 aliphatic carbocycles. The molecular weight excluding hydrogens is 230 g/mol. The average molecular weight is 245 g/mol. The summed E-state index contributed by atoms with van der Waals surface area (Å²) in [6.07, 6.45) is 1.46. The van der Waals surface area contributed by atoms with E-state index in [1.165, 1.54) is 13.1 Å². The molecule has 0 unspecified atom stereocenters. The zero-order valence-electron chi connectivity index (χ0n) is 10.9. The number of ether oxygens (including phenoxy) is 1. The first-order chi connectivity index (χ1) is 8.54. The van der Waals surface area contributed by atoms with Gasteiger partial charge in [-0.3, -0.25) is 4.79 Å². The van der Waals surface area contributed by atoms with E-state index in [0.717, 1.165) is 22.4 Å². The molecule has 0 radical (unpaired) electrons. The average Bonchev–Trinajstić information content (AvgIpc) is 2.80. The molecule has 0 atom stereocenters. The van der Waals surface area contributed by atoms with Gasteiger partial charge < -0.3 is 9.26 Å². The summed E-state index contributed by atoms with van der Waals surface area (Å²) >= 11 is 0. The fourth-order valence-corrected chi connectivity index (χ4v) is 1.94. The highest BCUT2D eigenvalue weighted by Crippen LogP contribution is 2.32. The van der Waals surface area contributed by atoms with Crippen LogP contribution in [0.25, 0.3) is 11.3 Å². The zero-order chi connectivity index (χ0) is 13.3. The maximum Gasteiger partial charge on any atom is 0.177 e. The van der Waals surface area contributed by atoms with Gasteiger partial charge in [-0.25, -0.2) is 0 Å². The topological polar surface area (TPSA) is 52.3 Å². The highest BCUT2D eigenvalue weighted by molar-refractivity contribution is 5.99. The summed E-state index contributed by atoms with van der Waals surface area (Å²) in [5.41, 5.74) is 3.35. The van der Waals surface area contributed by atoms with Crippen molar-refractivity contribution < 1.29 is 14.1 Å². The van der Waals surface area contributed by atoms with Crippen LogP contribution in [0, 0.1) is 13.8 Å². The van der Waals surface area contributed by atoms with Crippen molar-refractivity contribution in [2.45, 2.75) is 20.8 Å². The lowest BCUT2D eigenvalue weighted by molar-refractivity contribution is 0.101. The molecule has 0 fully saturated rings. The summed E-state index contributed by atoms with van der Waals surface area (Å²) in [6.45, 7) is 5.40. The normalized spacial score (nSPS) is 10.4. The molecule has 0 saturated carbocycles. The molecule has 0 N–H and O–H groups in total. The summed E-state index contributed by atoms with van der Waals surface area (Å²) in [6, 6.07) is 3.87. The third kappa shape index (κ3) is 2.01. The molecule has 2 aromatic rings. The van der Waals surface area contributed by atoms with Gasteiger partial charge in [0.1, 0.15) is 5.75 Å². The summed E-state index contributed by atoms with van der Waals surface area (Å²) in [5.74, 6) is 1.28. The second kappa shape index (κ2) is 4.64. The smallest absolute Gasteiger partial charge is 0.177 e. The van der Waals surface area contributed by atoms with Crippen LogP contribution in [-0.2, 0) is 0 Å². The van der Waals surface area contributed by atoms with Crippen LogP contribution in [0.2, 0.25) is 0 Å². The van der Waals surface area contributed by atoms with E-state index < -0.39 is 0 Å². The predicted molar refractivity (Wildman–Crippen MR) is 68.0 cm³/mol. The minimum absolute atomic E-state index is 0.0564. The van der Waals surface area contributed by atoms with Crippen LogP contribution in [0.4, 0.5) is 0 Å². The minimum atomic E-state index is -0.0564. The lowest BCUT2D eigenvalue weighted by Gasteiger charge is -2.09. The van der Waals surface area contributed by atoms with Gasteiger partial charge in [0.25, 0.3) is 0 Å². The molecule has 0 saturated heterocycles. The molecule has 18 heavy (non-hydrogen) atoms. The predicted octanol–water partition coefficient (Wildman–Crippen LogP) is 3.17. The van der Waals surface area contributed by atoms with Crippen molar-refractivity contribution in [2.24, 2.45) is 0 Å². The second-order valence-corrected chi connectivity index (χ2v) is 4.26. The fraction of sp³-hybridized carbons (Fsp3) is 0.286. The molecule has 4 nitrogen and oxygen atoms in total. The number of methoxy groups -OCH3 is 1. The molecule has 0 amide bonds. The lowest BCUT2D eigenvalue weighted by atomic mass is 9.99. The maximum atomic E-state index is 11.5. The van der Waals surface area contributed by atoms with Gasteiger partial charge in [0.05, 0.1) is 18.9 Å². The van der Waals surface area contributed by atoms with E-state index in [1.54, 1.807) is 7.11 Å². The van der Waals surface area contributed by atoms with Crippen LogP contribution in [0.5, 0.6) is 5.75 Å². The van der Waals surface area contributed by atoms with Crippen molar-refractivity contribution in [2.75, 3.05) is 7.11 Å². The van der Waals surface area contributed by atoms with Crippen molar-refractivity contribution in [3.05, 3.63) is 35.0 Å². The van der Waals surface area contributed by atoms with Crippen LogP contribution in [0.3, 0.4) is 0 Å². The Morgan fingerprint density at radius 3 is 2.61 bits per heavy atom. The molecule has 1 aromatic heterocycles. The SMILES string of the molecule is COc1cc(C)c(-c2oncc2C(C)=O)cc1C. The Balaban J connectivity index is 2.61. The Bertz CT molecular complexity index is 599. The van der Waals surface area contributed by atoms with Gasteiger partial charge in [0, 0.05) is 5.56 Å². The zero-order valence-corrected chi connectivity index (χ0v) is 10.9. The first-order valence-corrected chi connectivity index (χ1v) is 5.65. The van der Waals surface area contributed by atoms with Gasteiger partial charge in [0.15, 0.2) is 11.5 Å². The van der Waals surface area contributed by atoms with Gasteiger partial charge in [0.2, 0.25) is 0 Å². The van der Waals surface area contributed by atoms with Gasteiger partial charge in [-0.15, -0.1) is 0 Å². The van der Waals surface area contributed by atoms with Gasteiger partial charge >= 0.3 is 0 Å². The number of Topliss-reactive ketones (excluding diaryl/α,β-unsaturated/α-hetero) is 1. The van der Waals surface area contributed by atoms with E-state index in [1.807, 2.05) is 26.0 Å². The van der Waals surface area contributed by atoms with Crippen LogP contribution < -0.4 is 4.74 Å². The monoisotopic (exact) mass is 245 g/mol. The van der Waals surface area contributed by atoms with E-state index in [2.05, 4.69) is 5.16 Å². The number of benzene rings is 1. The summed E-state index contributed by atoms with van der Waals surface area (Å²) in [5, 5.41) is 3.71. The Morgan fingerprint density at radius 1 is 1.28 bits per heavy atom. The molecule has 1 aromatic carbocycles. The van der Waals surface area contributed by atoms with E-state index in [4.69, 9.17) is 9.26 Å². The molecular formula is C14H15NO3. The van der Waals surface area contributed by atoms with Crippen molar-refractivity contribution >= 4 is 5.78 Å². The third-order valence-corrected chi connectivity index (χ3v) is 2.94. The Labute approximate surface area is 106 Å². The fourth-order valence-electron chi connectivity index (χ4n) is 1.94. The lowest BCUT2D eigenvalue weighted by Crippen LogP contribution is -1.95. The number of carbonyl (C=O) groups is 1. The van der Waals surface area contributed by atoms with Crippen LogP contribution in [0.1, 0.15) is 28.4 Å². The van der Waals surface area contributed by atoms with Gasteiger partial charge in [-0.1, -0.05) is 5.16 Å². The number of nitrogens with zero attached hydrogens (tertiary/aromatic N) is 1. The molecule has 2 rings (SSSR count). The number of ketones is 1. The molecule has 4 heteroatoms. The van der Waals surface area contributed by atoms with Crippen molar-refractivity contribution in [3.8, 4) is 17.1 Å². The number of carbonyl (C=O) groups excluding carboxylic acids is 1. The highest BCUT2D eigenvalue weighted by atomic mass is 16.5. The van der Waals surface area contributed by atoms with Gasteiger partial charge in [-0.05, 0) is 44.0 Å². The molecule has 0 spiro atoms. The largest absolute Gasteiger partial charge is 0.496 e. The van der Waals surface area contributed by atoms with Crippen LogP contribution in [0.15, 0.2) is 22.9 Å². The molecule has 94 valence electrons. The first kappa shape index (κ1) is 12.4. The van der Waals surface area contributed by atoms with E-state index in [9.17, 15) is 4.79 Å². The number of aromatic nitrogens is 1. The standard InChI is InChI=1S/C14H15NO3/c1-8-6-13(17-4)9(2)5-11(8)14-12(10(3)16)7-15-18-14/h5-7H,1-4H3. The van der Waals surface area contributed by atoms with E-state index in [0.29, 0.717) is 11.3 Å². The number of hydrogen-bond donors (Lipinski definition) is 0. The molecule has 0 aliphatic rings. The third-order valence-electron chi connectivity index (χ3n) is 2.94. The number of aryl methyl sites for hydroxylation is 2. The molecule has 0 aliphatic heterocycles. The first-order valence-electron chi connectivity index (χ1n) is 5.65. The van der Waals surface area contributed by atoms with Crippen molar-refractivity contribution in [1.82, 2.24) is 5.16 Å². The van der Waals surface area contributed by atoms with Gasteiger partial charge in [-0.2, -0.15) is 0 Å². The summed E-state index contributed by atoms with van der Waals surface area (Å²) in [7, 11) is 1.64. The van der Waals surface area contributed by atoms with Crippen molar-refractivity contribution in [1.29, 1.82) is 0 Å². The summed E-state index contributed by atoms with van der Waals surface area (Å²) < 4.78 is 10.5.